The maximum atomic E-state index is 6.46. The fraction of sp³-hybridized carbons (Fsp3) is 0.0784. The number of hydrogen-bond donors (Lipinski definition) is 2. The first-order valence-electron chi connectivity index (χ1n) is 19.7. The van der Waals surface area contributed by atoms with Crippen LogP contribution in [0.2, 0.25) is 0 Å². The summed E-state index contributed by atoms with van der Waals surface area (Å²) in [6.45, 7) is 0. The minimum absolute atomic E-state index is 0.128. The van der Waals surface area contributed by atoms with E-state index in [-0.39, 0.29) is 12.3 Å². The average Bonchev–Trinajstić information content (AvgIpc) is 3.96. The smallest absolute Gasteiger partial charge is 0.135 e. The highest BCUT2D eigenvalue weighted by Crippen LogP contribution is 2.44. The third kappa shape index (κ3) is 5.22. The van der Waals surface area contributed by atoms with Crippen molar-refractivity contribution in [2.24, 2.45) is 4.99 Å². The van der Waals surface area contributed by atoms with Gasteiger partial charge in [-0.15, -0.1) is 11.3 Å². The van der Waals surface area contributed by atoms with Gasteiger partial charge in [-0.2, -0.15) is 0 Å². The van der Waals surface area contributed by atoms with Gasteiger partial charge >= 0.3 is 0 Å². The molecule has 272 valence electrons. The second kappa shape index (κ2) is 12.9. The summed E-state index contributed by atoms with van der Waals surface area (Å²) in [4.78, 5) is 5.19. The molecule has 0 fully saturated rings. The van der Waals surface area contributed by atoms with Crippen LogP contribution in [0.3, 0.4) is 0 Å². The van der Waals surface area contributed by atoms with Crippen LogP contribution in [0.25, 0.3) is 80.7 Å². The Morgan fingerprint density at radius 3 is 2.11 bits per heavy atom. The molecule has 10 aromatic rings. The van der Waals surface area contributed by atoms with Crippen LogP contribution in [-0.4, -0.2) is 10.4 Å². The minimum atomic E-state index is -0.171. The summed E-state index contributed by atoms with van der Waals surface area (Å²) in [5.41, 5.74) is 11.2. The summed E-state index contributed by atoms with van der Waals surface area (Å²) >= 11 is 1.88. The van der Waals surface area contributed by atoms with Crippen molar-refractivity contribution >= 4 is 81.1 Å². The number of amidine groups is 1. The fourth-order valence-electron chi connectivity index (χ4n) is 9.03. The van der Waals surface area contributed by atoms with Crippen LogP contribution in [0.15, 0.2) is 185 Å². The molecule has 1 aliphatic carbocycles. The van der Waals surface area contributed by atoms with E-state index in [4.69, 9.17) is 9.41 Å². The maximum Gasteiger partial charge on any atom is 0.135 e. The molecule has 1 aliphatic heterocycles. The van der Waals surface area contributed by atoms with E-state index in [1.807, 2.05) is 11.3 Å². The summed E-state index contributed by atoms with van der Waals surface area (Å²) in [6.07, 6.45) is 8.55. The molecule has 5 nitrogen and oxygen atoms in total. The molecule has 0 saturated heterocycles. The first-order chi connectivity index (χ1) is 28.2. The highest BCUT2D eigenvalue weighted by molar-refractivity contribution is 7.26. The van der Waals surface area contributed by atoms with Gasteiger partial charge in [0.05, 0.1) is 11.0 Å². The van der Waals surface area contributed by atoms with E-state index in [9.17, 15) is 0 Å². The van der Waals surface area contributed by atoms with Crippen molar-refractivity contribution in [1.29, 1.82) is 0 Å². The van der Waals surface area contributed by atoms with Crippen molar-refractivity contribution < 1.29 is 4.42 Å². The van der Waals surface area contributed by atoms with Crippen LogP contribution >= 0.6 is 11.3 Å². The molecular formula is C51H36N4OS. The van der Waals surface area contributed by atoms with Gasteiger partial charge in [0.2, 0.25) is 0 Å². The molecule has 12 rings (SSSR count). The molecule has 0 saturated carbocycles. The Hall–Kier alpha value is -6.73. The van der Waals surface area contributed by atoms with Crippen LogP contribution in [0.1, 0.15) is 36.3 Å². The lowest BCUT2D eigenvalue weighted by atomic mass is 9.99. The van der Waals surface area contributed by atoms with E-state index in [0.29, 0.717) is 0 Å². The summed E-state index contributed by atoms with van der Waals surface area (Å²) in [5, 5.41) is 14.9. The van der Waals surface area contributed by atoms with Gasteiger partial charge in [0, 0.05) is 58.5 Å². The number of benzene rings is 7. The number of allylic oxidation sites excluding steroid dienone is 2. The number of rotatable bonds is 5. The van der Waals surface area contributed by atoms with E-state index in [2.05, 4.69) is 185 Å². The molecule has 3 aromatic heterocycles. The lowest BCUT2D eigenvalue weighted by molar-refractivity contribution is 0.411. The Balaban J connectivity index is 0.978. The summed E-state index contributed by atoms with van der Waals surface area (Å²) in [7, 11) is 0. The van der Waals surface area contributed by atoms with Crippen LogP contribution in [0, 0.1) is 0 Å². The minimum Gasteiger partial charge on any atom is -0.456 e. The van der Waals surface area contributed by atoms with Gasteiger partial charge in [-0.3, -0.25) is 5.32 Å². The number of para-hydroxylation sites is 2. The lowest BCUT2D eigenvalue weighted by Gasteiger charge is -2.33. The molecular weight excluding hydrogens is 717 g/mol. The van der Waals surface area contributed by atoms with Crippen LogP contribution < -0.4 is 10.6 Å². The second-order valence-corrected chi connectivity index (χ2v) is 16.1. The number of aromatic nitrogens is 1. The number of thiophene rings is 1. The molecule has 2 unspecified atom stereocenters. The average molecular weight is 753 g/mol. The van der Waals surface area contributed by atoms with Crippen molar-refractivity contribution in [1.82, 2.24) is 15.2 Å². The molecule has 6 heteroatoms. The summed E-state index contributed by atoms with van der Waals surface area (Å²) < 4.78 is 11.4. The molecule has 0 radical (unpaired) electrons. The molecule has 0 bridgehead atoms. The standard InChI is InChI=1S/C51H36N4OS/c1-3-13-31(14-4-1)49-52-50(32-15-5-2-6-16-32)54-51(53-49)40-22-12-21-39-38-20-11-19-35(47(38)57-48(39)40)33-25-27-45-41(29-33)42-30-34(26-28-46(42)56-45)55-43-23-9-7-17-36(43)37-18-8-10-24-44(37)55/h1,3-5,7-30,49,51,53H,2,6H2,(H,52,54). The molecule has 0 amide bonds. The quantitative estimate of drug-likeness (QED) is 0.184. The SMILES string of the molecule is C1=CC(C2=NC(c3ccccc3)NC(c3cccc4c3sc3c(-c5ccc6oc7ccc(-n8c9ccccc9c9ccccc98)cc7c6c5)cccc34)N2)=CCC1. The highest BCUT2D eigenvalue weighted by Gasteiger charge is 2.28. The Kier molecular flexibility index (Phi) is 7.37. The zero-order valence-electron chi connectivity index (χ0n) is 30.9. The van der Waals surface area contributed by atoms with Crippen molar-refractivity contribution in [2.75, 3.05) is 0 Å². The maximum absolute atomic E-state index is 6.46. The fourth-order valence-corrected chi connectivity index (χ4v) is 10.4. The largest absolute Gasteiger partial charge is 0.456 e. The highest BCUT2D eigenvalue weighted by atomic mass is 32.1. The van der Waals surface area contributed by atoms with Crippen molar-refractivity contribution in [3.8, 4) is 16.8 Å². The second-order valence-electron chi connectivity index (χ2n) is 15.0. The number of fused-ring (bicyclic) bond motifs is 9. The van der Waals surface area contributed by atoms with Gasteiger partial charge in [0.1, 0.15) is 29.3 Å². The molecule has 7 aromatic carbocycles. The van der Waals surface area contributed by atoms with Gasteiger partial charge < -0.3 is 14.3 Å². The van der Waals surface area contributed by atoms with E-state index < -0.39 is 0 Å². The van der Waals surface area contributed by atoms with E-state index >= 15 is 0 Å². The molecule has 2 aliphatic rings. The number of aliphatic imine (C=N–C) groups is 1. The van der Waals surface area contributed by atoms with E-state index in [1.54, 1.807) is 0 Å². The molecule has 4 heterocycles. The van der Waals surface area contributed by atoms with Crippen molar-refractivity contribution in [3.05, 3.63) is 187 Å². The van der Waals surface area contributed by atoms with Gasteiger partial charge in [-0.1, -0.05) is 127 Å². The van der Waals surface area contributed by atoms with Gasteiger partial charge in [0.25, 0.3) is 0 Å². The lowest BCUT2D eigenvalue weighted by Crippen LogP contribution is -2.45. The monoisotopic (exact) mass is 752 g/mol. The zero-order valence-corrected chi connectivity index (χ0v) is 31.8. The topological polar surface area (TPSA) is 54.5 Å². The molecule has 0 spiro atoms. The molecule has 2 N–H and O–H groups in total. The number of furan rings is 1. The van der Waals surface area contributed by atoms with Gasteiger partial charge in [0.15, 0.2) is 0 Å². The Bertz CT molecular complexity index is 3270. The summed E-state index contributed by atoms with van der Waals surface area (Å²) in [5.74, 6) is 0.935. The number of hydrogen-bond acceptors (Lipinski definition) is 5. The Morgan fingerprint density at radius 1 is 0.614 bits per heavy atom. The van der Waals surface area contributed by atoms with Crippen molar-refractivity contribution in [3.63, 3.8) is 0 Å². The predicted molar refractivity (Wildman–Crippen MR) is 238 cm³/mol. The molecule has 2 atom stereocenters. The zero-order chi connectivity index (χ0) is 37.5. The number of nitrogens with zero attached hydrogens (tertiary/aromatic N) is 2. The Labute approximate surface area is 332 Å². The van der Waals surface area contributed by atoms with Gasteiger partial charge in [-0.25, -0.2) is 4.99 Å². The van der Waals surface area contributed by atoms with E-state index in [0.717, 1.165) is 57.4 Å². The number of nitrogens with one attached hydrogen (secondary N) is 2. The Morgan fingerprint density at radius 2 is 1.32 bits per heavy atom. The van der Waals surface area contributed by atoms with E-state index in [1.165, 1.54) is 58.7 Å². The molecule has 57 heavy (non-hydrogen) atoms. The first kappa shape index (κ1) is 32.5. The normalized spacial score (nSPS) is 17.2. The van der Waals surface area contributed by atoms with Crippen LogP contribution in [0.4, 0.5) is 0 Å². The third-order valence-electron chi connectivity index (χ3n) is 11.7. The third-order valence-corrected chi connectivity index (χ3v) is 13.0. The van der Waals surface area contributed by atoms with Crippen LogP contribution in [-0.2, 0) is 0 Å². The van der Waals surface area contributed by atoms with Gasteiger partial charge in [-0.05, 0) is 72.0 Å². The van der Waals surface area contributed by atoms with Crippen molar-refractivity contribution in [2.45, 2.75) is 25.2 Å². The van der Waals surface area contributed by atoms with Crippen LogP contribution in [0.5, 0.6) is 0 Å². The summed E-state index contributed by atoms with van der Waals surface area (Å²) in [6, 6.07) is 54.6. The predicted octanol–water partition coefficient (Wildman–Crippen LogP) is 13.3. The first-order valence-corrected chi connectivity index (χ1v) is 20.5.